The number of rotatable bonds is 6. The third-order valence-electron chi connectivity index (χ3n) is 8.59. The van der Waals surface area contributed by atoms with Gasteiger partial charge < -0.3 is 20.4 Å². The van der Waals surface area contributed by atoms with Crippen molar-refractivity contribution >= 4 is 28.6 Å². The highest BCUT2D eigenvalue weighted by molar-refractivity contribution is 5.89. The molecule has 3 aromatic heterocycles. The number of carbonyl (C=O) groups is 1. The molecule has 0 radical (unpaired) electrons. The van der Waals surface area contributed by atoms with Crippen molar-refractivity contribution in [3.05, 3.63) is 59.9 Å². The van der Waals surface area contributed by atoms with Crippen LogP contribution in [0.25, 0.3) is 39.2 Å². The van der Waals surface area contributed by atoms with Gasteiger partial charge in [-0.1, -0.05) is 11.3 Å². The summed E-state index contributed by atoms with van der Waals surface area (Å²) in [5.41, 5.74) is 1.09. The molecule has 5 heterocycles. The second kappa shape index (κ2) is 10.5. The summed E-state index contributed by atoms with van der Waals surface area (Å²) in [5.74, 6) is -0.760. The molecule has 2 aliphatic rings. The average Bonchev–Trinajstić information content (AvgIpc) is 3.62. The Labute approximate surface area is 255 Å². The molecule has 3 atom stereocenters. The Morgan fingerprint density at radius 1 is 1.16 bits per heavy atom. The zero-order chi connectivity index (χ0) is 31.6. The lowest BCUT2D eigenvalue weighted by atomic mass is 9.97. The Balaban J connectivity index is 1.41. The van der Waals surface area contributed by atoms with Crippen molar-refractivity contribution in [1.29, 1.82) is 5.26 Å². The van der Waals surface area contributed by atoms with Gasteiger partial charge in [0, 0.05) is 47.7 Å². The molecule has 5 aromatic rings. The van der Waals surface area contributed by atoms with Crippen LogP contribution in [0.2, 0.25) is 0 Å². The van der Waals surface area contributed by atoms with E-state index in [0.29, 0.717) is 46.6 Å². The fourth-order valence-corrected chi connectivity index (χ4v) is 6.83. The van der Waals surface area contributed by atoms with Gasteiger partial charge >= 0.3 is 6.09 Å². The van der Waals surface area contributed by atoms with Crippen molar-refractivity contribution in [2.24, 2.45) is 0 Å². The number of amides is 1. The first kappa shape index (κ1) is 28.6. The van der Waals surface area contributed by atoms with E-state index in [1.165, 1.54) is 22.9 Å². The van der Waals surface area contributed by atoms with Gasteiger partial charge in [0.15, 0.2) is 11.5 Å². The first-order valence-corrected chi connectivity index (χ1v) is 14.6. The van der Waals surface area contributed by atoms with E-state index in [0.717, 1.165) is 12.8 Å². The second-order valence-electron chi connectivity index (χ2n) is 12.4. The molecular weight excluding hydrogens is 584 g/mol. The number of hydrogen-bond donors (Lipinski definition) is 3. The summed E-state index contributed by atoms with van der Waals surface area (Å²) in [4.78, 5) is 23.1. The first-order chi connectivity index (χ1) is 21.5. The molecule has 1 amide bonds. The van der Waals surface area contributed by atoms with Gasteiger partial charge in [-0.15, -0.1) is 5.10 Å². The van der Waals surface area contributed by atoms with Crippen LogP contribution in [0.3, 0.4) is 0 Å². The zero-order valence-corrected chi connectivity index (χ0v) is 24.4. The third kappa shape index (κ3) is 4.98. The molecule has 2 fully saturated rings. The van der Waals surface area contributed by atoms with Gasteiger partial charge in [0.05, 0.1) is 34.6 Å². The number of carboxylic acid groups (broad SMARTS) is 1. The van der Waals surface area contributed by atoms with E-state index in [4.69, 9.17) is 9.97 Å². The molecule has 3 N–H and O–H groups in total. The topological polar surface area (TPSA) is 157 Å². The minimum Gasteiger partial charge on any atom is -0.465 e. The van der Waals surface area contributed by atoms with Crippen LogP contribution >= 0.6 is 0 Å². The molecule has 7 rings (SSSR count). The number of aromatic nitrogens is 6. The number of nitrogens with zero attached hydrogens (tertiary/aromatic N) is 8. The lowest BCUT2D eigenvalue weighted by molar-refractivity contribution is 0.0585. The molecule has 230 valence electrons. The summed E-state index contributed by atoms with van der Waals surface area (Å²) in [7, 11) is 0. The highest BCUT2D eigenvalue weighted by atomic mass is 19.1. The van der Waals surface area contributed by atoms with Crippen LogP contribution in [0.5, 0.6) is 0 Å². The summed E-state index contributed by atoms with van der Waals surface area (Å²) in [5, 5.41) is 39.8. The number of nitriles is 1. The molecule has 2 bridgehead atoms. The fraction of sp³-hybridized carbons (Fsp3) is 0.355. The van der Waals surface area contributed by atoms with Crippen LogP contribution in [-0.4, -0.2) is 69.4 Å². The van der Waals surface area contributed by atoms with Crippen molar-refractivity contribution in [3.8, 4) is 28.6 Å². The molecule has 2 aromatic carbocycles. The predicted octanol–water partition coefficient (Wildman–Crippen LogP) is 4.50. The highest BCUT2D eigenvalue weighted by Crippen LogP contribution is 2.43. The maximum absolute atomic E-state index is 16.2. The monoisotopic (exact) mass is 613 g/mol. The Kier molecular flexibility index (Phi) is 6.66. The molecule has 14 heteroatoms. The Morgan fingerprint density at radius 2 is 1.91 bits per heavy atom. The molecule has 0 spiro atoms. The number of halogens is 2. The van der Waals surface area contributed by atoms with Gasteiger partial charge in [-0.25, -0.2) is 28.2 Å². The normalized spacial score (nSPS) is 19.7. The molecule has 12 nitrogen and oxygen atoms in total. The lowest BCUT2D eigenvalue weighted by Crippen LogP contribution is -2.50. The van der Waals surface area contributed by atoms with E-state index in [1.54, 1.807) is 42.8 Å². The van der Waals surface area contributed by atoms with Crippen molar-refractivity contribution in [3.63, 3.8) is 0 Å². The van der Waals surface area contributed by atoms with E-state index in [2.05, 4.69) is 20.5 Å². The van der Waals surface area contributed by atoms with Crippen LogP contribution in [0.15, 0.2) is 42.7 Å². The first-order valence-electron chi connectivity index (χ1n) is 14.6. The molecule has 0 unspecified atom stereocenters. The van der Waals surface area contributed by atoms with Crippen molar-refractivity contribution in [2.75, 3.05) is 4.90 Å². The van der Waals surface area contributed by atoms with E-state index < -0.39 is 23.3 Å². The standard InChI is InChI=1S/C31H29F2N9O3/c1-31(2,45)15-41-25-13-23(33)21(12-24(25)38-39-41)27-26(16-3-4-17(14-34)22(32)9-16)37-29-28(35-7-8-40(27)29)42-19-5-6-20(42)11-18(10-19)36-30(43)44/h3-4,7-9,12-13,18-20,36,45H,5-6,10-11,15H2,1-2H3,(H,43,44)/t18-,19+,20-. The quantitative estimate of drug-likeness (QED) is 0.251. The van der Waals surface area contributed by atoms with E-state index in [-0.39, 0.29) is 41.5 Å². The number of piperidine rings is 1. The summed E-state index contributed by atoms with van der Waals surface area (Å²) >= 11 is 0. The predicted molar refractivity (Wildman–Crippen MR) is 159 cm³/mol. The molecule has 0 aliphatic carbocycles. The maximum Gasteiger partial charge on any atom is 0.404 e. The fourth-order valence-electron chi connectivity index (χ4n) is 6.83. The summed E-state index contributed by atoms with van der Waals surface area (Å²) < 4.78 is 34.2. The van der Waals surface area contributed by atoms with Gasteiger partial charge in [-0.05, 0) is 57.7 Å². The van der Waals surface area contributed by atoms with E-state index >= 15 is 4.39 Å². The Bertz CT molecular complexity index is 2010. The number of aliphatic hydroxyl groups is 1. The lowest BCUT2D eigenvalue weighted by Gasteiger charge is -2.39. The van der Waals surface area contributed by atoms with Gasteiger partial charge in [0.25, 0.3) is 0 Å². The van der Waals surface area contributed by atoms with Crippen LogP contribution in [-0.2, 0) is 6.54 Å². The van der Waals surface area contributed by atoms with Crippen LogP contribution in [0.4, 0.5) is 19.4 Å². The highest BCUT2D eigenvalue weighted by Gasteiger charge is 2.43. The molecule has 45 heavy (non-hydrogen) atoms. The minimum atomic E-state index is -1.11. The summed E-state index contributed by atoms with van der Waals surface area (Å²) in [6, 6.07) is 8.70. The van der Waals surface area contributed by atoms with Gasteiger partial charge in [-0.3, -0.25) is 4.40 Å². The average molecular weight is 614 g/mol. The van der Waals surface area contributed by atoms with Crippen molar-refractivity contribution in [1.82, 2.24) is 34.7 Å². The minimum absolute atomic E-state index is 0.0224. The summed E-state index contributed by atoms with van der Waals surface area (Å²) in [6.45, 7) is 3.34. The van der Waals surface area contributed by atoms with E-state index in [9.17, 15) is 24.7 Å². The van der Waals surface area contributed by atoms with Crippen LogP contribution < -0.4 is 10.2 Å². The molecular formula is C31H29F2N9O3. The Hall–Kier alpha value is -5.16. The number of fused-ring (bicyclic) bond motifs is 4. The van der Waals surface area contributed by atoms with Gasteiger partial charge in [0.1, 0.15) is 23.2 Å². The van der Waals surface area contributed by atoms with Crippen LogP contribution in [0.1, 0.15) is 45.1 Å². The second-order valence-corrected chi connectivity index (χ2v) is 12.4. The molecule has 2 saturated heterocycles. The summed E-state index contributed by atoms with van der Waals surface area (Å²) in [6.07, 6.45) is 5.16. The van der Waals surface area contributed by atoms with E-state index in [1.807, 2.05) is 6.07 Å². The largest absolute Gasteiger partial charge is 0.465 e. The van der Waals surface area contributed by atoms with Crippen LogP contribution in [0, 0.1) is 23.0 Å². The van der Waals surface area contributed by atoms with Crippen molar-refractivity contribution in [2.45, 2.75) is 69.8 Å². The number of benzene rings is 2. The Morgan fingerprint density at radius 3 is 2.58 bits per heavy atom. The number of hydrogen-bond acceptors (Lipinski definition) is 8. The number of nitrogens with one attached hydrogen (secondary N) is 1. The molecule has 2 aliphatic heterocycles. The zero-order valence-electron chi connectivity index (χ0n) is 24.4. The number of imidazole rings is 1. The van der Waals surface area contributed by atoms with Crippen molar-refractivity contribution < 1.29 is 23.8 Å². The van der Waals surface area contributed by atoms with Gasteiger partial charge in [-0.2, -0.15) is 5.26 Å². The molecule has 0 saturated carbocycles. The van der Waals surface area contributed by atoms with Gasteiger partial charge in [0.2, 0.25) is 0 Å². The SMILES string of the molecule is CC(C)(O)Cn1nnc2cc(-c3c(-c4ccc(C#N)c(F)c4)nc4c(N5[C@@H]6CC[C@H]5C[C@@H](NC(=O)O)C6)nccn34)c(F)cc21. The number of anilines is 1. The smallest absolute Gasteiger partial charge is 0.404 e. The third-order valence-corrected chi connectivity index (χ3v) is 8.59. The maximum atomic E-state index is 16.2.